The third-order valence-corrected chi connectivity index (χ3v) is 3.78. The highest BCUT2D eigenvalue weighted by molar-refractivity contribution is 5.96. The topological polar surface area (TPSA) is 46.3 Å². The zero-order valence-electron chi connectivity index (χ0n) is 13.5. The molecule has 0 saturated carbocycles. The number of anilines is 2. The van der Waals surface area contributed by atoms with E-state index in [1.165, 1.54) is 12.1 Å². The van der Waals surface area contributed by atoms with E-state index < -0.39 is 0 Å². The van der Waals surface area contributed by atoms with E-state index in [1.54, 1.807) is 42.4 Å². The highest BCUT2D eigenvalue weighted by atomic mass is 19.1. The normalized spacial score (nSPS) is 10.6. The number of oxazole rings is 1. The summed E-state index contributed by atoms with van der Waals surface area (Å²) in [6.45, 7) is 1.83. The molecule has 0 aliphatic carbocycles. The number of Topliss-reactive ketones (excluding diaryl/α,β-unsaturated/α-hetero) is 1. The van der Waals surface area contributed by atoms with Gasteiger partial charge in [-0.05, 0) is 30.3 Å². The largest absolute Gasteiger partial charge is 0.423 e. The van der Waals surface area contributed by atoms with E-state index in [2.05, 4.69) is 4.98 Å². The minimum Gasteiger partial charge on any atom is -0.423 e. The van der Waals surface area contributed by atoms with Crippen LogP contribution >= 0.6 is 0 Å². The van der Waals surface area contributed by atoms with Gasteiger partial charge in [-0.1, -0.05) is 25.1 Å². The molecule has 24 heavy (non-hydrogen) atoms. The predicted octanol–water partition coefficient (Wildman–Crippen LogP) is 4.84. The molecule has 0 N–H and O–H groups in total. The Kier molecular flexibility index (Phi) is 4.42. The fraction of sp³-hybridized carbons (Fsp3) is 0.158. The van der Waals surface area contributed by atoms with Gasteiger partial charge in [-0.25, -0.2) is 9.37 Å². The average molecular weight is 324 g/mol. The molecule has 3 aromatic rings. The average Bonchev–Trinajstić information content (AvgIpc) is 3.11. The van der Waals surface area contributed by atoms with E-state index >= 15 is 0 Å². The Hall–Kier alpha value is -2.95. The van der Waals surface area contributed by atoms with Crippen LogP contribution in [0.2, 0.25) is 0 Å². The zero-order valence-corrected chi connectivity index (χ0v) is 13.5. The van der Waals surface area contributed by atoms with Gasteiger partial charge in [-0.2, -0.15) is 0 Å². The van der Waals surface area contributed by atoms with Crippen molar-refractivity contribution in [2.45, 2.75) is 13.3 Å². The van der Waals surface area contributed by atoms with Crippen molar-refractivity contribution in [2.24, 2.45) is 0 Å². The standard InChI is InChI=1S/C19H17FN2O2/c1-3-17(23)13-5-4-6-14(11-13)18-12-21-19(24-18)22(2)16-9-7-15(20)8-10-16/h4-12H,3H2,1-2H3. The fourth-order valence-corrected chi connectivity index (χ4v) is 2.38. The maximum absolute atomic E-state index is 13.0. The molecule has 122 valence electrons. The summed E-state index contributed by atoms with van der Waals surface area (Å²) >= 11 is 0. The second-order valence-electron chi connectivity index (χ2n) is 5.40. The van der Waals surface area contributed by atoms with Gasteiger partial charge in [0.15, 0.2) is 11.5 Å². The van der Waals surface area contributed by atoms with Crippen molar-refractivity contribution in [1.82, 2.24) is 4.98 Å². The van der Waals surface area contributed by atoms with Crippen LogP contribution in [0.3, 0.4) is 0 Å². The number of rotatable bonds is 5. The Balaban J connectivity index is 1.88. The van der Waals surface area contributed by atoms with Crippen molar-refractivity contribution in [3.05, 3.63) is 66.1 Å². The molecule has 1 aromatic heterocycles. The Bertz CT molecular complexity index is 856. The van der Waals surface area contributed by atoms with Gasteiger partial charge in [-0.15, -0.1) is 0 Å². The van der Waals surface area contributed by atoms with E-state index in [0.29, 0.717) is 23.8 Å². The van der Waals surface area contributed by atoms with Gasteiger partial charge < -0.3 is 4.42 Å². The van der Waals surface area contributed by atoms with Gasteiger partial charge >= 0.3 is 6.01 Å². The SMILES string of the molecule is CCC(=O)c1cccc(-c2cnc(N(C)c3ccc(F)cc3)o2)c1. The summed E-state index contributed by atoms with van der Waals surface area (Å²) in [6.07, 6.45) is 2.07. The summed E-state index contributed by atoms with van der Waals surface area (Å²) < 4.78 is 18.8. The molecule has 0 spiro atoms. The molecule has 0 aliphatic rings. The number of hydrogen-bond acceptors (Lipinski definition) is 4. The van der Waals surface area contributed by atoms with E-state index in [9.17, 15) is 9.18 Å². The van der Waals surface area contributed by atoms with Crippen molar-refractivity contribution in [2.75, 3.05) is 11.9 Å². The quantitative estimate of drug-likeness (QED) is 0.630. The van der Waals surface area contributed by atoms with Gasteiger partial charge in [0.2, 0.25) is 0 Å². The van der Waals surface area contributed by atoms with Gasteiger partial charge in [-0.3, -0.25) is 9.69 Å². The van der Waals surface area contributed by atoms with E-state index in [1.807, 2.05) is 19.1 Å². The minimum atomic E-state index is -0.294. The molecule has 0 unspecified atom stereocenters. The molecule has 0 amide bonds. The predicted molar refractivity (Wildman–Crippen MR) is 91.0 cm³/mol. The molecule has 0 saturated heterocycles. The lowest BCUT2D eigenvalue weighted by molar-refractivity contribution is 0.0988. The van der Waals surface area contributed by atoms with Crippen LogP contribution in [-0.2, 0) is 0 Å². The summed E-state index contributed by atoms with van der Waals surface area (Å²) in [5.74, 6) is 0.363. The van der Waals surface area contributed by atoms with Crippen molar-refractivity contribution in [3.8, 4) is 11.3 Å². The van der Waals surface area contributed by atoms with Gasteiger partial charge in [0.25, 0.3) is 0 Å². The molecule has 1 heterocycles. The van der Waals surface area contributed by atoms with Crippen LogP contribution in [0.25, 0.3) is 11.3 Å². The first kappa shape index (κ1) is 15.9. The van der Waals surface area contributed by atoms with Crippen molar-refractivity contribution in [3.63, 3.8) is 0 Å². The number of nitrogens with zero attached hydrogens (tertiary/aromatic N) is 2. The third-order valence-electron chi connectivity index (χ3n) is 3.78. The van der Waals surface area contributed by atoms with Crippen molar-refractivity contribution in [1.29, 1.82) is 0 Å². The fourth-order valence-electron chi connectivity index (χ4n) is 2.38. The lowest BCUT2D eigenvalue weighted by atomic mass is 10.0. The molecule has 0 radical (unpaired) electrons. The Morgan fingerprint density at radius 2 is 1.96 bits per heavy atom. The molecule has 0 fully saturated rings. The van der Waals surface area contributed by atoms with Crippen LogP contribution in [0.15, 0.2) is 59.1 Å². The number of carbonyl (C=O) groups is 1. The summed E-state index contributed by atoms with van der Waals surface area (Å²) in [7, 11) is 1.79. The molecule has 5 heteroatoms. The number of benzene rings is 2. The first-order valence-electron chi connectivity index (χ1n) is 7.67. The van der Waals surface area contributed by atoms with Crippen LogP contribution in [0.4, 0.5) is 16.1 Å². The first-order chi connectivity index (χ1) is 11.6. The van der Waals surface area contributed by atoms with Crippen LogP contribution in [0.5, 0.6) is 0 Å². The van der Waals surface area contributed by atoms with E-state index in [0.717, 1.165) is 11.3 Å². The summed E-state index contributed by atoms with van der Waals surface area (Å²) in [4.78, 5) is 17.8. The smallest absolute Gasteiger partial charge is 0.302 e. The zero-order chi connectivity index (χ0) is 17.1. The maximum atomic E-state index is 13.0. The highest BCUT2D eigenvalue weighted by Gasteiger charge is 2.13. The summed E-state index contributed by atoms with van der Waals surface area (Å²) in [6, 6.07) is 13.7. The second kappa shape index (κ2) is 6.66. The van der Waals surface area contributed by atoms with Gasteiger partial charge in [0, 0.05) is 30.3 Å². The maximum Gasteiger partial charge on any atom is 0.302 e. The molecule has 0 bridgehead atoms. The van der Waals surface area contributed by atoms with Gasteiger partial charge in [0.1, 0.15) is 5.82 Å². The Morgan fingerprint density at radius 1 is 1.21 bits per heavy atom. The Morgan fingerprint density at radius 3 is 2.67 bits per heavy atom. The highest BCUT2D eigenvalue weighted by Crippen LogP contribution is 2.28. The van der Waals surface area contributed by atoms with Crippen LogP contribution in [0, 0.1) is 5.82 Å². The van der Waals surface area contributed by atoms with Crippen LogP contribution in [0.1, 0.15) is 23.7 Å². The van der Waals surface area contributed by atoms with Crippen LogP contribution in [-0.4, -0.2) is 17.8 Å². The van der Waals surface area contributed by atoms with Crippen molar-refractivity contribution >= 4 is 17.5 Å². The Labute approximate surface area is 139 Å². The number of ketones is 1. The number of carbonyl (C=O) groups excluding carboxylic acids is 1. The lowest BCUT2D eigenvalue weighted by Crippen LogP contribution is -2.09. The van der Waals surface area contributed by atoms with E-state index in [4.69, 9.17) is 4.42 Å². The monoisotopic (exact) mass is 324 g/mol. The van der Waals surface area contributed by atoms with Crippen molar-refractivity contribution < 1.29 is 13.6 Å². The lowest BCUT2D eigenvalue weighted by Gasteiger charge is -2.14. The first-order valence-corrected chi connectivity index (χ1v) is 7.67. The van der Waals surface area contributed by atoms with E-state index in [-0.39, 0.29) is 11.6 Å². The minimum absolute atomic E-state index is 0.0834. The molecule has 0 aliphatic heterocycles. The second-order valence-corrected chi connectivity index (χ2v) is 5.40. The number of halogens is 1. The molecule has 2 aromatic carbocycles. The molecule has 0 atom stereocenters. The number of aromatic nitrogens is 1. The van der Waals surface area contributed by atoms with Gasteiger partial charge in [0.05, 0.1) is 6.20 Å². The molecule has 4 nitrogen and oxygen atoms in total. The molecular weight excluding hydrogens is 307 g/mol. The van der Waals surface area contributed by atoms with Crippen LogP contribution < -0.4 is 4.90 Å². The number of hydrogen-bond donors (Lipinski definition) is 0. The molecular formula is C19H17FN2O2. The summed E-state index contributed by atoms with van der Waals surface area (Å²) in [5, 5.41) is 0. The third kappa shape index (κ3) is 3.20. The molecule has 3 rings (SSSR count). The summed E-state index contributed by atoms with van der Waals surface area (Å²) in [5.41, 5.74) is 2.21.